The van der Waals surface area contributed by atoms with E-state index in [0.29, 0.717) is 11.6 Å². The zero-order chi connectivity index (χ0) is 18.3. The molecule has 0 aliphatic carbocycles. The number of alkyl halides is 1. The van der Waals surface area contributed by atoms with E-state index in [4.69, 9.17) is 32.7 Å². The molecule has 1 aromatic rings. The monoisotopic (exact) mass is 388 g/mol. The number of esters is 2. The first-order valence-corrected chi connectivity index (χ1v) is 9.64. The lowest BCUT2D eigenvalue weighted by Gasteiger charge is -2.06. The highest BCUT2D eigenvalue weighted by Gasteiger charge is 2.09. The van der Waals surface area contributed by atoms with Crippen molar-refractivity contribution in [2.45, 2.75) is 58.0 Å². The van der Waals surface area contributed by atoms with Crippen LogP contribution < -0.4 is 0 Å². The number of rotatable bonds is 13. The number of ether oxygens (including phenoxy) is 2. The molecule has 0 fully saturated rings. The minimum absolute atomic E-state index is 0.0326. The van der Waals surface area contributed by atoms with Gasteiger partial charge in [-0.25, -0.2) is 0 Å². The van der Waals surface area contributed by atoms with Gasteiger partial charge in [0, 0.05) is 10.9 Å². The summed E-state index contributed by atoms with van der Waals surface area (Å²) in [5.74, 6) is -0.0449. The van der Waals surface area contributed by atoms with Crippen molar-refractivity contribution < 1.29 is 19.1 Å². The summed E-state index contributed by atoms with van der Waals surface area (Å²) < 4.78 is 10.2. The molecule has 0 heterocycles. The molecule has 25 heavy (non-hydrogen) atoms. The van der Waals surface area contributed by atoms with E-state index in [0.717, 1.165) is 43.5 Å². The van der Waals surface area contributed by atoms with Crippen molar-refractivity contribution in [3.05, 3.63) is 34.9 Å². The Morgan fingerprint density at radius 1 is 0.800 bits per heavy atom. The maximum Gasteiger partial charge on any atom is 0.306 e. The van der Waals surface area contributed by atoms with E-state index in [1.54, 1.807) is 24.3 Å². The molecule has 0 N–H and O–H groups in total. The average Bonchev–Trinajstić information content (AvgIpc) is 2.61. The predicted octanol–water partition coefficient (Wildman–Crippen LogP) is 5.29. The maximum atomic E-state index is 11.6. The minimum atomic E-state index is -0.411. The van der Waals surface area contributed by atoms with E-state index in [9.17, 15) is 9.59 Å². The Labute approximate surface area is 159 Å². The first kappa shape index (κ1) is 21.8. The zero-order valence-electron chi connectivity index (χ0n) is 14.5. The number of carbonyl (C=O) groups excluding carboxylic acids is 2. The molecule has 0 bridgehead atoms. The molecule has 0 unspecified atom stereocenters. The second-order valence-electron chi connectivity index (χ2n) is 5.82. The quantitative estimate of drug-likeness (QED) is 0.261. The summed E-state index contributed by atoms with van der Waals surface area (Å²) in [7, 11) is 0. The predicted molar refractivity (Wildman–Crippen MR) is 99.9 cm³/mol. The Balaban J connectivity index is 1.99. The third kappa shape index (κ3) is 11.8. The summed E-state index contributed by atoms with van der Waals surface area (Å²) in [4.78, 5) is 23.2. The van der Waals surface area contributed by atoms with Crippen LogP contribution in [0, 0.1) is 0 Å². The SMILES string of the molecule is O=C(CCC(=O)OCc1ccc(Cl)cc1)OCCCCCCCCCl. The molecule has 4 nitrogen and oxygen atoms in total. The molecular weight excluding hydrogens is 363 g/mol. The fourth-order valence-corrected chi connectivity index (χ4v) is 2.50. The zero-order valence-corrected chi connectivity index (χ0v) is 16.0. The lowest BCUT2D eigenvalue weighted by atomic mass is 10.1. The van der Waals surface area contributed by atoms with Crippen molar-refractivity contribution in [2.75, 3.05) is 12.5 Å². The molecule has 0 aliphatic rings. The van der Waals surface area contributed by atoms with Gasteiger partial charge >= 0.3 is 11.9 Å². The molecule has 0 aromatic heterocycles. The van der Waals surface area contributed by atoms with Crippen LogP contribution in [-0.4, -0.2) is 24.4 Å². The molecule has 0 saturated carbocycles. The molecule has 6 heteroatoms. The van der Waals surface area contributed by atoms with Crippen LogP contribution in [0.15, 0.2) is 24.3 Å². The van der Waals surface area contributed by atoms with Crippen LogP contribution in [0.3, 0.4) is 0 Å². The van der Waals surface area contributed by atoms with Gasteiger partial charge in [-0.15, -0.1) is 11.6 Å². The topological polar surface area (TPSA) is 52.6 Å². The summed E-state index contributed by atoms with van der Waals surface area (Å²) in [5, 5.41) is 0.632. The molecule has 0 atom stereocenters. The molecular formula is C19H26Cl2O4. The first-order chi connectivity index (χ1) is 12.1. The Hall–Kier alpha value is -1.26. The summed E-state index contributed by atoms with van der Waals surface area (Å²) in [5.41, 5.74) is 0.853. The first-order valence-electron chi connectivity index (χ1n) is 8.73. The van der Waals surface area contributed by atoms with Crippen molar-refractivity contribution in [3.8, 4) is 0 Å². The van der Waals surface area contributed by atoms with Crippen molar-refractivity contribution >= 4 is 35.1 Å². The summed E-state index contributed by atoms with van der Waals surface area (Å²) >= 11 is 11.4. The average molecular weight is 389 g/mol. The normalized spacial score (nSPS) is 10.5. The van der Waals surface area contributed by atoms with Crippen molar-refractivity contribution in [3.63, 3.8) is 0 Å². The largest absolute Gasteiger partial charge is 0.466 e. The Bertz CT molecular complexity index is 503. The second kappa shape index (κ2) is 14.0. The van der Waals surface area contributed by atoms with Crippen LogP contribution in [0.5, 0.6) is 0 Å². The molecule has 0 amide bonds. The number of halogens is 2. The molecule has 140 valence electrons. The molecule has 0 radical (unpaired) electrons. The van der Waals surface area contributed by atoms with Crippen LogP contribution >= 0.6 is 23.2 Å². The van der Waals surface area contributed by atoms with Gasteiger partial charge in [-0.1, -0.05) is 49.4 Å². The third-order valence-electron chi connectivity index (χ3n) is 3.64. The summed E-state index contributed by atoms with van der Waals surface area (Å²) in [6, 6.07) is 7.05. The van der Waals surface area contributed by atoms with E-state index in [2.05, 4.69) is 0 Å². The molecule has 0 saturated heterocycles. The molecule has 0 spiro atoms. The van der Waals surface area contributed by atoms with Gasteiger partial charge in [0.05, 0.1) is 19.4 Å². The van der Waals surface area contributed by atoms with Crippen LogP contribution in [0.4, 0.5) is 0 Å². The summed E-state index contributed by atoms with van der Waals surface area (Å²) in [6.45, 7) is 0.586. The number of hydrogen-bond acceptors (Lipinski definition) is 4. The van der Waals surface area contributed by atoms with Gasteiger partial charge < -0.3 is 9.47 Å². The smallest absolute Gasteiger partial charge is 0.306 e. The van der Waals surface area contributed by atoms with E-state index in [1.165, 1.54) is 6.42 Å². The van der Waals surface area contributed by atoms with Gasteiger partial charge in [-0.3, -0.25) is 9.59 Å². The molecule has 1 aromatic carbocycles. The number of benzene rings is 1. The van der Waals surface area contributed by atoms with Crippen LogP contribution in [0.25, 0.3) is 0 Å². The Morgan fingerprint density at radius 3 is 2.00 bits per heavy atom. The van der Waals surface area contributed by atoms with Crippen molar-refractivity contribution in [1.29, 1.82) is 0 Å². The van der Waals surface area contributed by atoms with Gasteiger partial charge in [0.2, 0.25) is 0 Å². The maximum absolute atomic E-state index is 11.6. The van der Waals surface area contributed by atoms with E-state index >= 15 is 0 Å². The van der Waals surface area contributed by atoms with Gasteiger partial charge in [0.1, 0.15) is 6.61 Å². The highest BCUT2D eigenvalue weighted by Crippen LogP contribution is 2.11. The number of carbonyl (C=O) groups is 2. The second-order valence-corrected chi connectivity index (χ2v) is 6.63. The third-order valence-corrected chi connectivity index (χ3v) is 4.16. The van der Waals surface area contributed by atoms with Crippen LogP contribution in [-0.2, 0) is 25.7 Å². The van der Waals surface area contributed by atoms with Gasteiger partial charge in [0.15, 0.2) is 0 Å². The standard InChI is InChI=1S/C19H26Cl2O4/c20-13-5-3-1-2-4-6-14-24-18(22)11-12-19(23)25-15-16-7-9-17(21)10-8-16/h7-10H,1-6,11-15H2. The van der Waals surface area contributed by atoms with Gasteiger partial charge in [0.25, 0.3) is 0 Å². The Morgan fingerprint density at radius 2 is 1.36 bits per heavy atom. The molecule has 1 rings (SSSR count). The lowest BCUT2D eigenvalue weighted by Crippen LogP contribution is -2.11. The lowest BCUT2D eigenvalue weighted by molar-refractivity contribution is -0.151. The van der Waals surface area contributed by atoms with Crippen LogP contribution in [0.2, 0.25) is 5.02 Å². The van der Waals surface area contributed by atoms with Gasteiger partial charge in [-0.05, 0) is 30.5 Å². The fourth-order valence-electron chi connectivity index (χ4n) is 2.18. The van der Waals surface area contributed by atoms with Gasteiger partial charge in [-0.2, -0.15) is 0 Å². The van der Waals surface area contributed by atoms with E-state index in [1.807, 2.05) is 0 Å². The van der Waals surface area contributed by atoms with Crippen molar-refractivity contribution in [2.24, 2.45) is 0 Å². The number of hydrogen-bond donors (Lipinski definition) is 0. The highest BCUT2D eigenvalue weighted by atomic mass is 35.5. The fraction of sp³-hybridized carbons (Fsp3) is 0.579. The minimum Gasteiger partial charge on any atom is -0.466 e. The molecule has 0 aliphatic heterocycles. The number of unbranched alkanes of at least 4 members (excludes halogenated alkanes) is 5. The highest BCUT2D eigenvalue weighted by molar-refractivity contribution is 6.30. The summed E-state index contributed by atoms with van der Waals surface area (Å²) in [6.07, 6.45) is 6.49. The van der Waals surface area contributed by atoms with Crippen LogP contribution in [0.1, 0.15) is 56.9 Å². The van der Waals surface area contributed by atoms with Crippen molar-refractivity contribution in [1.82, 2.24) is 0 Å². The van der Waals surface area contributed by atoms with E-state index in [-0.39, 0.29) is 25.4 Å². The van der Waals surface area contributed by atoms with E-state index < -0.39 is 5.97 Å². The Kier molecular flexibility index (Phi) is 12.2.